The molecule has 0 saturated carbocycles. The van der Waals surface area contributed by atoms with Crippen LogP contribution in [0.3, 0.4) is 0 Å². The first-order chi connectivity index (χ1) is 8.93. The number of aliphatic carboxylic acids is 1. The van der Waals surface area contributed by atoms with E-state index in [1.165, 1.54) is 32.2 Å². The molecule has 0 fully saturated rings. The first kappa shape index (κ1) is 14.7. The van der Waals surface area contributed by atoms with Gasteiger partial charge < -0.3 is 20.5 Å². The number of carbonyl (C=O) groups is 2. The Morgan fingerprint density at radius 2 is 2.16 bits per heavy atom. The molecule has 1 atom stereocenters. The van der Waals surface area contributed by atoms with Crippen molar-refractivity contribution < 1.29 is 23.8 Å². The predicted molar refractivity (Wildman–Crippen MR) is 66.7 cm³/mol. The van der Waals surface area contributed by atoms with Gasteiger partial charge >= 0.3 is 5.97 Å². The number of ether oxygens (including phenoxy) is 1. The minimum absolute atomic E-state index is 0.107. The number of methoxy groups -OCH3 is 1. The highest BCUT2D eigenvalue weighted by molar-refractivity contribution is 5.82. The molecule has 0 aliphatic carbocycles. The van der Waals surface area contributed by atoms with E-state index < -0.39 is 23.7 Å². The van der Waals surface area contributed by atoms with Crippen molar-refractivity contribution in [2.75, 3.05) is 19.0 Å². The van der Waals surface area contributed by atoms with E-state index in [-0.39, 0.29) is 12.2 Å². The van der Waals surface area contributed by atoms with Gasteiger partial charge in [0, 0.05) is 19.5 Å². The van der Waals surface area contributed by atoms with Crippen molar-refractivity contribution in [2.45, 2.75) is 13.0 Å². The summed E-state index contributed by atoms with van der Waals surface area (Å²) in [6.07, 6.45) is 0. The summed E-state index contributed by atoms with van der Waals surface area (Å²) in [5.74, 6) is -1.77. The molecule has 1 aromatic carbocycles. The molecule has 1 amide bonds. The van der Waals surface area contributed by atoms with E-state index in [0.717, 1.165) is 0 Å². The van der Waals surface area contributed by atoms with Crippen LogP contribution in [-0.4, -0.2) is 36.7 Å². The van der Waals surface area contributed by atoms with Crippen LogP contribution in [0.2, 0.25) is 0 Å². The third kappa shape index (κ3) is 4.46. The molecule has 3 N–H and O–H groups in total. The lowest BCUT2D eigenvalue weighted by atomic mass is 10.2. The third-order valence-electron chi connectivity index (χ3n) is 2.35. The number of carbonyl (C=O) groups excluding carboxylic acids is 1. The summed E-state index contributed by atoms with van der Waals surface area (Å²) in [6.45, 7) is 1.07. The average Bonchev–Trinajstić information content (AvgIpc) is 2.35. The molecule has 0 aromatic heterocycles. The molecule has 0 heterocycles. The molecule has 0 saturated heterocycles. The van der Waals surface area contributed by atoms with Gasteiger partial charge in [-0.05, 0) is 12.1 Å². The van der Waals surface area contributed by atoms with Crippen LogP contribution in [0.25, 0.3) is 0 Å². The summed E-state index contributed by atoms with van der Waals surface area (Å²) in [4.78, 5) is 21.7. The van der Waals surface area contributed by atoms with E-state index >= 15 is 0 Å². The summed E-state index contributed by atoms with van der Waals surface area (Å²) < 4.78 is 18.4. The molecule has 1 aromatic rings. The molecule has 6 nitrogen and oxygen atoms in total. The second-order valence-electron chi connectivity index (χ2n) is 3.82. The zero-order valence-corrected chi connectivity index (χ0v) is 10.6. The molecule has 19 heavy (non-hydrogen) atoms. The van der Waals surface area contributed by atoms with Gasteiger partial charge in [0.1, 0.15) is 17.6 Å². The number of halogens is 1. The lowest BCUT2D eigenvalue weighted by Crippen LogP contribution is -2.44. The van der Waals surface area contributed by atoms with Crippen molar-refractivity contribution in [3.05, 3.63) is 24.0 Å². The standard InChI is InChI=1S/C12H15FN2O4/c1-7(16)15-11(12(17)18)6-14-10-5-8(19-2)3-4-9(10)13/h3-5,11,14H,6H2,1-2H3,(H,15,16)(H,17,18). The molecular formula is C12H15FN2O4. The lowest BCUT2D eigenvalue weighted by molar-refractivity contribution is -0.141. The zero-order valence-electron chi connectivity index (χ0n) is 10.6. The Balaban J connectivity index is 2.73. The number of benzene rings is 1. The van der Waals surface area contributed by atoms with Crippen LogP contribution < -0.4 is 15.4 Å². The van der Waals surface area contributed by atoms with Crippen molar-refractivity contribution in [1.82, 2.24) is 5.32 Å². The van der Waals surface area contributed by atoms with E-state index in [0.29, 0.717) is 5.75 Å². The quantitative estimate of drug-likeness (QED) is 0.713. The maximum Gasteiger partial charge on any atom is 0.328 e. The SMILES string of the molecule is COc1ccc(F)c(NCC(NC(C)=O)C(=O)O)c1. The van der Waals surface area contributed by atoms with Crippen LogP contribution in [-0.2, 0) is 9.59 Å². The minimum Gasteiger partial charge on any atom is -0.497 e. The second kappa shape index (κ2) is 6.58. The summed E-state index contributed by atoms with van der Waals surface area (Å²) in [5.41, 5.74) is 0.107. The van der Waals surface area contributed by atoms with Gasteiger partial charge in [-0.25, -0.2) is 9.18 Å². The van der Waals surface area contributed by atoms with Crippen molar-refractivity contribution >= 4 is 17.6 Å². The molecule has 0 aliphatic rings. The van der Waals surface area contributed by atoms with Crippen LogP contribution in [0, 0.1) is 5.82 Å². The number of carboxylic acid groups (broad SMARTS) is 1. The van der Waals surface area contributed by atoms with Gasteiger partial charge in [-0.15, -0.1) is 0 Å². The van der Waals surface area contributed by atoms with Gasteiger partial charge in [0.15, 0.2) is 0 Å². The molecule has 1 unspecified atom stereocenters. The van der Waals surface area contributed by atoms with Gasteiger partial charge in [-0.1, -0.05) is 0 Å². The van der Waals surface area contributed by atoms with Crippen LogP contribution in [0.1, 0.15) is 6.92 Å². The van der Waals surface area contributed by atoms with Crippen LogP contribution in [0.4, 0.5) is 10.1 Å². The fourth-order valence-corrected chi connectivity index (χ4v) is 1.42. The number of rotatable bonds is 6. The van der Waals surface area contributed by atoms with Gasteiger partial charge in [0.2, 0.25) is 5.91 Å². The highest BCUT2D eigenvalue weighted by atomic mass is 19.1. The monoisotopic (exact) mass is 270 g/mol. The van der Waals surface area contributed by atoms with Crippen LogP contribution in [0.5, 0.6) is 5.75 Å². The molecule has 0 spiro atoms. The highest BCUT2D eigenvalue weighted by Gasteiger charge is 2.18. The zero-order chi connectivity index (χ0) is 14.4. The number of carboxylic acids is 1. The van der Waals surface area contributed by atoms with Gasteiger partial charge in [0.25, 0.3) is 0 Å². The minimum atomic E-state index is -1.20. The molecule has 0 bridgehead atoms. The number of nitrogens with one attached hydrogen (secondary N) is 2. The van der Waals surface area contributed by atoms with E-state index in [4.69, 9.17) is 9.84 Å². The Bertz CT molecular complexity index is 479. The lowest BCUT2D eigenvalue weighted by Gasteiger charge is -2.15. The highest BCUT2D eigenvalue weighted by Crippen LogP contribution is 2.20. The molecule has 1 rings (SSSR count). The first-order valence-corrected chi connectivity index (χ1v) is 5.51. The molecule has 0 radical (unpaired) electrons. The van der Waals surface area contributed by atoms with E-state index in [1.807, 2.05) is 0 Å². The van der Waals surface area contributed by atoms with E-state index in [9.17, 15) is 14.0 Å². The fourth-order valence-electron chi connectivity index (χ4n) is 1.42. The maximum atomic E-state index is 13.5. The Morgan fingerprint density at radius 3 is 2.68 bits per heavy atom. The van der Waals surface area contributed by atoms with Crippen molar-refractivity contribution in [3.8, 4) is 5.75 Å². The summed E-state index contributed by atoms with van der Waals surface area (Å²) in [6, 6.07) is 2.92. The van der Waals surface area contributed by atoms with Crippen molar-refractivity contribution in [1.29, 1.82) is 0 Å². The molecule has 7 heteroatoms. The predicted octanol–water partition coefficient (Wildman–Crippen LogP) is 0.835. The number of anilines is 1. The normalized spacial score (nSPS) is 11.5. The van der Waals surface area contributed by atoms with Crippen molar-refractivity contribution in [2.24, 2.45) is 0 Å². The average molecular weight is 270 g/mol. The summed E-state index contributed by atoms with van der Waals surface area (Å²) in [7, 11) is 1.44. The Labute approximate surface area is 109 Å². The Kier molecular flexibility index (Phi) is 5.11. The topological polar surface area (TPSA) is 87.7 Å². The first-order valence-electron chi connectivity index (χ1n) is 5.51. The second-order valence-corrected chi connectivity index (χ2v) is 3.82. The largest absolute Gasteiger partial charge is 0.497 e. The Hall–Kier alpha value is -2.31. The maximum absolute atomic E-state index is 13.5. The Morgan fingerprint density at radius 1 is 1.47 bits per heavy atom. The molecular weight excluding hydrogens is 255 g/mol. The van der Waals surface area contributed by atoms with E-state index in [1.54, 1.807) is 0 Å². The fraction of sp³-hybridized carbons (Fsp3) is 0.333. The van der Waals surface area contributed by atoms with Gasteiger partial charge in [0.05, 0.1) is 12.8 Å². The molecule has 104 valence electrons. The van der Waals surface area contributed by atoms with Crippen LogP contribution in [0.15, 0.2) is 18.2 Å². The van der Waals surface area contributed by atoms with Gasteiger partial charge in [-0.2, -0.15) is 0 Å². The van der Waals surface area contributed by atoms with Crippen molar-refractivity contribution in [3.63, 3.8) is 0 Å². The number of amides is 1. The molecule has 0 aliphatic heterocycles. The smallest absolute Gasteiger partial charge is 0.328 e. The number of hydrogen-bond acceptors (Lipinski definition) is 4. The third-order valence-corrected chi connectivity index (χ3v) is 2.35. The van der Waals surface area contributed by atoms with Gasteiger partial charge in [-0.3, -0.25) is 4.79 Å². The number of hydrogen-bond donors (Lipinski definition) is 3. The summed E-state index contributed by atoms with van der Waals surface area (Å²) >= 11 is 0. The van der Waals surface area contributed by atoms with E-state index in [2.05, 4.69) is 10.6 Å². The van der Waals surface area contributed by atoms with Crippen LogP contribution >= 0.6 is 0 Å². The summed E-state index contributed by atoms with van der Waals surface area (Å²) in [5, 5.41) is 13.8.